The van der Waals surface area contributed by atoms with Crippen molar-refractivity contribution >= 4 is 27.9 Å². The van der Waals surface area contributed by atoms with Crippen molar-refractivity contribution in [3.63, 3.8) is 0 Å². The molecular formula is C14H15ClN4S. The molecule has 0 N–H and O–H groups in total. The van der Waals surface area contributed by atoms with Crippen LogP contribution in [0.25, 0.3) is 4.96 Å². The Morgan fingerprint density at radius 1 is 1.15 bits per heavy atom. The van der Waals surface area contributed by atoms with Crippen LogP contribution in [0.1, 0.15) is 42.5 Å². The molecule has 104 valence electrons. The Kier molecular flexibility index (Phi) is 3.26. The van der Waals surface area contributed by atoms with E-state index in [9.17, 15) is 0 Å². The first-order valence-corrected chi connectivity index (χ1v) is 7.64. The van der Waals surface area contributed by atoms with Crippen molar-refractivity contribution in [2.24, 2.45) is 0 Å². The number of fused-ring (bicyclic) bond motifs is 1. The van der Waals surface area contributed by atoms with E-state index >= 15 is 0 Å². The highest BCUT2D eigenvalue weighted by Gasteiger charge is 2.25. The van der Waals surface area contributed by atoms with Gasteiger partial charge >= 0.3 is 0 Å². The first-order chi connectivity index (χ1) is 9.47. The van der Waals surface area contributed by atoms with Crippen LogP contribution >= 0.6 is 22.9 Å². The minimum absolute atomic E-state index is 0.0979. The lowest BCUT2D eigenvalue weighted by molar-refractivity contribution is 0.526. The lowest BCUT2D eigenvalue weighted by Crippen LogP contribution is -2.16. The summed E-state index contributed by atoms with van der Waals surface area (Å²) in [6.45, 7) is 6.29. The standard InChI is InChI=1S/C14H15ClN4S/c1-14(2,3)12-16-17-13-19(12)18-11(20-13)10(15)9-7-5-4-6-8-9/h4-8,10H,1-3H3. The van der Waals surface area contributed by atoms with Crippen molar-refractivity contribution in [3.8, 4) is 0 Å². The maximum Gasteiger partial charge on any atom is 0.234 e. The molecule has 0 amide bonds. The van der Waals surface area contributed by atoms with Crippen molar-refractivity contribution in [3.05, 3.63) is 46.7 Å². The first-order valence-electron chi connectivity index (χ1n) is 6.38. The lowest BCUT2D eigenvalue weighted by atomic mass is 9.96. The Morgan fingerprint density at radius 2 is 1.85 bits per heavy atom. The third-order valence-electron chi connectivity index (χ3n) is 2.99. The van der Waals surface area contributed by atoms with Gasteiger partial charge in [0, 0.05) is 5.41 Å². The number of hydrogen-bond acceptors (Lipinski definition) is 4. The van der Waals surface area contributed by atoms with Crippen LogP contribution in [0.15, 0.2) is 30.3 Å². The Bertz CT molecular complexity index is 727. The molecule has 1 atom stereocenters. The number of aromatic nitrogens is 4. The highest BCUT2D eigenvalue weighted by atomic mass is 35.5. The van der Waals surface area contributed by atoms with Gasteiger partial charge in [0.05, 0.1) is 0 Å². The average Bonchev–Trinajstić information content (AvgIpc) is 2.97. The lowest BCUT2D eigenvalue weighted by Gasteiger charge is -2.13. The topological polar surface area (TPSA) is 43.1 Å². The molecule has 3 aromatic rings. The molecule has 0 aliphatic rings. The summed E-state index contributed by atoms with van der Waals surface area (Å²) >= 11 is 8.00. The second kappa shape index (κ2) is 4.82. The number of rotatable bonds is 2. The number of halogens is 1. The van der Waals surface area contributed by atoms with E-state index < -0.39 is 0 Å². The molecule has 4 nitrogen and oxygen atoms in total. The van der Waals surface area contributed by atoms with Crippen LogP contribution in [0.2, 0.25) is 0 Å². The minimum atomic E-state index is -0.254. The quantitative estimate of drug-likeness (QED) is 0.676. The largest absolute Gasteiger partial charge is 0.234 e. The van der Waals surface area contributed by atoms with Gasteiger partial charge in [-0.15, -0.1) is 21.8 Å². The number of benzene rings is 1. The van der Waals surface area contributed by atoms with Gasteiger partial charge in [0.25, 0.3) is 0 Å². The summed E-state index contributed by atoms with van der Waals surface area (Å²) in [5.74, 6) is 0.854. The summed E-state index contributed by atoms with van der Waals surface area (Å²) in [6.07, 6.45) is 0. The second-order valence-corrected chi connectivity index (χ2v) is 7.11. The molecule has 0 aliphatic heterocycles. The van der Waals surface area contributed by atoms with Crippen LogP contribution in [0.3, 0.4) is 0 Å². The van der Waals surface area contributed by atoms with Gasteiger partial charge in [-0.25, -0.2) is 0 Å². The molecule has 6 heteroatoms. The molecule has 3 rings (SSSR count). The first kappa shape index (κ1) is 13.5. The van der Waals surface area contributed by atoms with Crippen molar-refractivity contribution in [1.82, 2.24) is 19.8 Å². The second-order valence-electron chi connectivity index (χ2n) is 5.68. The zero-order valence-electron chi connectivity index (χ0n) is 11.5. The predicted octanol–water partition coefficient (Wildman–Crippen LogP) is 3.81. The van der Waals surface area contributed by atoms with Crippen LogP contribution in [0, 0.1) is 0 Å². The molecule has 0 spiro atoms. The fraction of sp³-hybridized carbons (Fsp3) is 0.357. The summed E-state index contributed by atoms with van der Waals surface area (Å²) in [5.41, 5.74) is 0.940. The van der Waals surface area contributed by atoms with Gasteiger partial charge in [0.1, 0.15) is 10.4 Å². The smallest absolute Gasteiger partial charge is 0.187 e. The normalized spacial score (nSPS) is 13.8. The van der Waals surface area contributed by atoms with E-state index in [1.807, 2.05) is 30.3 Å². The molecule has 2 aromatic heterocycles. The van der Waals surface area contributed by atoms with Gasteiger partial charge in [-0.1, -0.05) is 62.4 Å². The van der Waals surface area contributed by atoms with Crippen LogP contribution in [0.4, 0.5) is 0 Å². The molecule has 0 saturated carbocycles. The van der Waals surface area contributed by atoms with Crippen molar-refractivity contribution in [2.45, 2.75) is 31.6 Å². The average molecular weight is 307 g/mol. The predicted molar refractivity (Wildman–Crippen MR) is 81.5 cm³/mol. The Morgan fingerprint density at radius 3 is 2.50 bits per heavy atom. The molecule has 0 radical (unpaired) electrons. The van der Waals surface area contributed by atoms with E-state index in [2.05, 4.69) is 36.1 Å². The number of alkyl halides is 1. The van der Waals surface area contributed by atoms with E-state index in [1.165, 1.54) is 11.3 Å². The summed E-state index contributed by atoms with van der Waals surface area (Å²) < 4.78 is 1.80. The molecule has 1 unspecified atom stereocenters. The van der Waals surface area contributed by atoms with Gasteiger partial charge in [-0.2, -0.15) is 9.61 Å². The molecule has 0 bridgehead atoms. The molecule has 1 aromatic carbocycles. The van der Waals surface area contributed by atoms with Crippen molar-refractivity contribution < 1.29 is 0 Å². The Balaban J connectivity index is 2.04. The zero-order valence-corrected chi connectivity index (χ0v) is 13.1. The monoisotopic (exact) mass is 306 g/mol. The van der Waals surface area contributed by atoms with Gasteiger partial charge in [0.15, 0.2) is 5.82 Å². The molecule has 0 fully saturated rings. The summed E-state index contributed by atoms with van der Waals surface area (Å²) in [6, 6.07) is 9.94. The van der Waals surface area contributed by atoms with Crippen LogP contribution in [0.5, 0.6) is 0 Å². The van der Waals surface area contributed by atoms with E-state index in [0.29, 0.717) is 0 Å². The molecular weight excluding hydrogens is 292 g/mol. The van der Waals surface area contributed by atoms with Gasteiger partial charge in [0.2, 0.25) is 4.96 Å². The molecule has 0 saturated heterocycles. The fourth-order valence-corrected chi connectivity index (χ4v) is 3.13. The van der Waals surface area contributed by atoms with E-state index in [1.54, 1.807) is 4.52 Å². The maximum absolute atomic E-state index is 6.51. The summed E-state index contributed by atoms with van der Waals surface area (Å²) in [5, 5.41) is 13.6. The maximum atomic E-state index is 6.51. The number of hydrogen-bond donors (Lipinski definition) is 0. The van der Waals surface area contributed by atoms with Crippen molar-refractivity contribution in [2.75, 3.05) is 0 Å². The van der Waals surface area contributed by atoms with Gasteiger partial charge < -0.3 is 0 Å². The summed E-state index contributed by atoms with van der Waals surface area (Å²) in [4.78, 5) is 0.784. The fourth-order valence-electron chi connectivity index (χ4n) is 1.97. The molecule has 20 heavy (non-hydrogen) atoms. The van der Waals surface area contributed by atoms with Crippen LogP contribution in [-0.2, 0) is 5.41 Å². The van der Waals surface area contributed by atoms with E-state index in [-0.39, 0.29) is 10.8 Å². The molecule has 2 heterocycles. The Hall–Kier alpha value is -1.46. The minimum Gasteiger partial charge on any atom is -0.187 e. The highest BCUT2D eigenvalue weighted by Crippen LogP contribution is 2.32. The third kappa shape index (κ3) is 2.31. The van der Waals surface area contributed by atoms with Crippen LogP contribution in [-0.4, -0.2) is 19.8 Å². The van der Waals surface area contributed by atoms with E-state index in [0.717, 1.165) is 21.4 Å². The highest BCUT2D eigenvalue weighted by molar-refractivity contribution is 7.17. The van der Waals surface area contributed by atoms with E-state index in [4.69, 9.17) is 11.6 Å². The third-order valence-corrected chi connectivity index (χ3v) is 4.54. The van der Waals surface area contributed by atoms with Crippen molar-refractivity contribution in [1.29, 1.82) is 0 Å². The van der Waals surface area contributed by atoms with Gasteiger partial charge in [-0.3, -0.25) is 0 Å². The number of nitrogens with zero attached hydrogens (tertiary/aromatic N) is 4. The molecule has 0 aliphatic carbocycles. The Labute approximate surface area is 126 Å². The SMILES string of the molecule is CC(C)(C)c1nnc2sc(C(Cl)c3ccccc3)nn12. The zero-order chi connectivity index (χ0) is 14.3. The van der Waals surface area contributed by atoms with Crippen LogP contribution < -0.4 is 0 Å². The summed E-state index contributed by atoms with van der Waals surface area (Å²) in [7, 11) is 0. The van der Waals surface area contributed by atoms with Gasteiger partial charge in [-0.05, 0) is 5.56 Å².